The number of aliphatic hydroxyl groups is 1. The fraction of sp³-hybridized carbons (Fsp3) is 1.00. The number of hydrogen-bond acceptors (Lipinski definition) is 4. The fourth-order valence-corrected chi connectivity index (χ4v) is 10.8. The third-order valence-electron chi connectivity index (χ3n) is 12.1. The molecular weight excluding hydrogens is 384 g/mol. The smallest absolute Gasteiger partial charge is 0.181 e. The maximum Gasteiger partial charge on any atom is 0.181 e. The fourth-order valence-electron chi connectivity index (χ4n) is 10.8. The van der Waals surface area contributed by atoms with Gasteiger partial charge >= 0.3 is 0 Å². The molecule has 0 radical (unpaired) electrons. The van der Waals surface area contributed by atoms with Crippen molar-refractivity contribution in [3.8, 4) is 0 Å². The number of rotatable bonds is 0. The molecule has 0 spiro atoms. The predicted octanol–water partition coefficient (Wildman–Crippen LogP) is 4.30. The highest BCUT2D eigenvalue weighted by Gasteiger charge is 2.67. The number of piperidine rings is 1. The molecule has 31 heavy (non-hydrogen) atoms. The third kappa shape index (κ3) is 2.87. The molecule has 2 heterocycles. The second-order valence-electron chi connectivity index (χ2n) is 13.6. The minimum atomic E-state index is -0.968. The van der Waals surface area contributed by atoms with Gasteiger partial charge in [-0.2, -0.15) is 0 Å². The average Bonchev–Trinajstić information content (AvgIpc) is 2.99. The molecule has 4 aliphatic carbocycles. The highest BCUT2D eigenvalue weighted by molar-refractivity contribution is 5.15. The molecule has 2 saturated heterocycles. The molecule has 0 aromatic carbocycles. The van der Waals surface area contributed by atoms with Gasteiger partial charge in [-0.05, 0) is 110 Å². The first-order chi connectivity index (χ1) is 14.7. The van der Waals surface area contributed by atoms with Crippen LogP contribution in [0.2, 0.25) is 0 Å². The van der Waals surface area contributed by atoms with Crippen LogP contribution in [0.3, 0.4) is 0 Å². The molecule has 0 aromatic heterocycles. The zero-order valence-corrected chi connectivity index (χ0v) is 20.3. The van der Waals surface area contributed by atoms with Crippen LogP contribution >= 0.6 is 0 Å². The van der Waals surface area contributed by atoms with Gasteiger partial charge in [-0.3, -0.25) is 0 Å². The van der Waals surface area contributed by atoms with Gasteiger partial charge in [0.2, 0.25) is 0 Å². The number of fused-ring (bicyclic) bond motifs is 8. The van der Waals surface area contributed by atoms with Gasteiger partial charge in [-0.1, -0.05) is 27.7 Å². The van der Waals surface area contributed by atoms with Crippen LogP contribution in [0.5, 0.6) is 0 Å². The molecule has 4 heteroatoms. The van der Waals surface area contributed by atoms with E-state index in [0.29, 0.717) is 34.6 Å². The number of hydrogen-bond donors (Lipinski definition) is 3. The monoisotopic (exact) mass is 430 g/mol. The Morgan fingerprint density at radius 2 is 1.74 bits per heavy atom. The molecular formula is C27H46N2O2. The van der Waals surface area contributed by atoms with Crippen LogP contribution in [0.15, 0.2) is 0 Å². The maximum absolute atomic E-state index is 11.6. The summed E-state index contributed by atoms with van der Waals surface area (Å²) in [6, 6.07) is 0.525. The van der Waals surface area contributed by atoms with Gasteiger partial charge in [0.15, 0.2) is 5.79 Å². The lowest BCUT2D eigenvalue weighted by atomic mass is 9.44. The summed E-state index contributed by atoms with van der Waals surface area (Å²) in [5, 5.41) is 15.3. The Morgan fingerprint density at radius 1 is 0.968 bits per heavy atom. The molecule has 4 nitrogen and oxygen atoms in total. The molecule has 0 amide bonds. The maximum atomic E-state index is 11.6. The average molecular weight is 431 g/mol. The van der Waals surface area contributed by atoms with Crippen molar-refractivity contribution < 1.29 is 9.84 Å². The van der Waals surface area contributed by atoms with E-state index in [9.17, 15) is 5.11 Å². The Kier molecular flexibility index (Phi) is 4.78. The van der Waals surface area contributed by atoms with Crippen molar-refractivity contribution in [2.24, 2.45) is 58.0 Å². The summed E-state index contributed by atoms with van der Waals surface area (Å²) in [6.45, 7) is 10.9. The van der Waals surface area contributed by atoms with E-state index in [1.807, 2.05) is 0 Å². The van der Waals surface area contributed by atoms with E-state index in [4.69, 9.17) is 10.5 Å². The summed E-state index contributed by atoms with van der Waals surface area (Å²) >= 11 is 0. The summed E-state index contributed by atoms with van der Waals surface area (Å²) in [7, 11) is 0. The molecule has 176 valence electrons. The van der Waals surface area contributed by atoms with E-state index in [1.165, 1.54) is 51.4 Å². The van der Waals surface area contributed by atoms with Gasteiger partial charge in [-0.15, -0.1) is 0 Å². The molecule has 2 aliphatic heterocycles. The van der Waals surface area contributed by atoms with Crippen LogP contribution in [-0.4, -0.2) is 35.6 Å². The van der Waals surface area contributed by atoms with Crippen molar-refractivity contribution in [2.75, 3.05) is 6.54 Å². The van der Waals surface area contributed by atoms with Crippen molar-refractivity contribution in [1.82, 2.24) is 5.32 Å². The van der Waals surface area contributed by atoms with Gasteiger partial charge < -0.3 is 20.9 Å². The van der Waals surface area contributed by atoms with Crippen molar-refractivity contribution >= 4 is 0 Å². The lowest BCUT2D eigenvalue weighted by molar-refractivity contribution is -0.310. The zero-order valence-electron chi connectivity index (χ0n) is 20.3. The lowest BCUT2D eigenvalue weighted by Gasteiger charge is -2.62. The van der Waals surface area contributed by atoms with E-state index in [2.05, 4.69) is 33.0 Å². The SMILES string of the molecule is C[C@@H]1CN[C@@H]2[C@H](C)[C@H]3[C@H](C[C@H]4[C@@H]5CC[C@H]6C[C@@H](N)CC[C@]6(C)[C@H]5CC[C@]34C)O[C@@]2(O)C1. The van der Waals surface area contributed by atoms with Crippen LogP contribution in [0.1, 0.15) is 85.5 Å². The van der Waals surface area contributed by atoms with Crippen LogP contribution in [-0.2, 0) is 4.74 Å². The molecule has 4 saturated carbocycles. The van der Waals surface area contributed by atoms with E-state index >= 15 is 0 Å². The first-order valence-electron chi connectivity index (χ1n) is 13.5. The predicted molar refractivity (Wildman–Crippen MR) is 123 cm³/mol. The summed E-state index contributed by atoms with van der Waals surface area (Å²) in [5.41, 5.74) is 7.27. The van der Waals surface area contributed by atoms with Crippen LogP contribution < -0.4 is 11.1 Å². The van der Waals surface area contributed by atoms with Crippen LogP contribution in [0.4, 0.5) is 0 Å². The zero-order chi connectivity index (χ0) is 21.8. The molecule has 13 atom stereocenters. The summed E-state index contributed by atoms with van der Waals surface area (Å²) in [6.07, 6.45) is 11.5. The molecule has 0 unspecified atom stereocenters. The van der Waals surface area contributed by atoms with E-state index in [-0.39, 0.29) is 12.1 Å². The van der Waals surface area contributed by atoms with Crippen molar-refractivity contribution in [3.63, 3.8) is 0 Å². The minimum absolute atomic E-state index is 0.0892. The number of nitrogens with one attached hydrogen (secondary N) is 1. The van der Waals surface area contributed by atoms with Gasteiger partial charge in [-0.25, -0.2) is 0 Å². The molecule has 0 bridgehead atoms. The quantitative estimate of drug-likeness (QED) is 0.536. The molecule has 0 aromatic rings. The van der Waals surface area contributed by atoms with Gasteiger partial charge in [0.05, 0.1) is 12.1 Å². The summed E-state index contributed by atoms with van der Waals surface area (Å²) < 4.78 is 6.70. The number of ether oxygens (including phenoxy) is 1. The number of nitrogens with two attached hydrogens (primary N) is 1. The highest BCUT2D eigenvalue weighted by Crippen LogP contribution is 2.69. The Labute approximate surface area is 189 Å². The van der Waals surface area contributed by atoms with Gasteiger partial charge in [0, 0.05) is 12.5 Å². The molecule has 6 aliphatic rings. The Morgan fingerprint density at radius 3 is 2.55 bits per heavy atom. The minimum Gasteiger partial charge on any atom is -0.364 e. The van der Waals surface area contributed by atoms with E-state index in [1.54, 1.807) is 0 Å². The molecule has 4 N–H and O–H groups in total. The Bertz CT molecular complexity index is 730. The summed E-state index contributed by atoms with van der Waals surface area (Å²) in [4.78, 5) is 0. The second-order valence-corrected chi connectivity index (χ2v) is 13.6. The van der Waals surface area contributed by atoms with Crippen molar-refractivity contribution in [3.05, 3.63) is 0 Å². The normalized spacial score (nSPS) is 63.3. The highest BCUT2D eigenvalue weighted by atomic mass is 16.6. The van der Waals surface area contributed by atoms with Crippen molar-refractivity contribution in [1.29, 1.82) is 0 Å². The van der Waals surface area contributed by atoms with Gasteiger partial charge in [0.1, 0.15) is 0 Å². The van der Waals surface area contributed by atoms with Gasteiger partial charge in [0.25, 0.3) is 0 Å². The first-order valence-corrected chi connectivity index (χ1v) is 13.5. The third-order valence-corrected chi connectivity index (χ3v) is 12.1. The standard InChI is InChI=1S/C27H46N2O2/c1-15-13-27(30)24(29-14-15)16(2)23-22(31-27)12-21-19-6-5-17-11-18(28)7-9-25(17,3)20(19)8-10-26(21,23)4/h15-24,29-30H,5-14,28H2,1-4H3/t15-,16+,17-,18-,19+,20-,21-,22-,23-,24+,25-,26-,27-/m0/s1. The van der Waals surface area contributed by atoms with E-state index in [0.717, 1.165) is 36.6 Å². The lowest BCUT2D eigenvalue weighted by Crippen LogP contribution is -2.68. The second kappa shape index (κ2) is 6.93. The first kappa shape index (κ1) is 21.4. The Hall–Kier alpha value is -0.160. The van der Waals surface area contributed by atoms with Crippen LogP contribution in [0.25, 0.3) is 0 Å². The largest absolute Gasteiger partial charge is 0.364 e. The summed E-state index contributed by atoms with van der Waals surface area (Å²) in [5.74, 6) is 3.88. The van der Waals surface area contributed by atoms with Crippen molar-refractivity contribution in [2.45, 2.75) is 109 Å². The molecule has 6 fully saturated rings. The Balaban J connectivity index is 1.30. The topological polar surface area (TPSA) is 67.5 Å². The molecule has 6 rings (SSSR count). The van der Waals surface area contributed by atoms with Crippen LogP contribution in [0, 0.1) is 52.3 Å². The van der Waals surface area contributed by atoms with E-state index < -0.39 is 5.79 Å².